The van der Waals surface area contributed by atoms with Crippen molar-refractivity contribution in [2.45, 2.75) is 13.5 Å². The van der Waals surface area contributed by atoms with Gasteiger partial charge in [-0.15, -0.1) is 0 Å². The summed E-state index contributed by atoms with van der Waals surface area (Å²) in [5, 5.41) is 5.94. The van der Waals surface area contributed by atoms with E-state index >= 15 is 0 Å². The number of nitrogens with zero attached hydrogens (tertiary/aromatic N) is 2. The Morgan fingerprint density at radius 2 is 1.90 bits per heavy atom. The molecule has 10 heteroatoms. The zero-order chi connectivity index (χ0) is 22.2. The van der Waals surface area contributed by atoms with E-state index in [0.717, 1.165) is 16.2 Å². The van der Waals surface area contributed by atoms with Crippen LogP contribution >= 0.6 is 0 Å². The van der Waals surface area contributed by atoms with Gasteiger partial charge in [-0.05, 0) is 24.3 Å². The van der Waals surface area contributed by atoms with Gasteiger partial charge in [-0.25, -0.2) is 13.4 Å². The fourth-order valence-corrected chi connectivity index (χ4v) is 4.24. The molecule has 3 heterocycles. The molecular weight excluding hydrogens is 418 g/mol. The van der Waals surface area contributed by atoms with Crippen LogP contribution in [-0.4, -0.2) is 47.2 Å². The SMILES string of the molecule is CC(=O)Nc1cc(-c2[nH]c3c(c2Nc2ccccc2)C(=O)CN(S(C)(=O)=O)C3)ccn1. The van der Waals surface area contributed by atoms with E-state index in [1.54, 1.807) is 18.3 Å². The van der Waals surface area contributed by atoms with Crippen LogP contribution in [0.25, 0.3) is 11.3 Å². The van der Waals surface area contributed by atoms with Gasteiger partial charge in [-0.3, -0.25) is 9.59 Å². The fraction of sp³-hybridized carbons (Fsp3) is 0.190. The summed E-state index contributed by atoms with van der Waals surface area (Å²) in [5.41, 5.74) is 3.56. The van der Waals surface area contributed by atoms with Crippen LogP contribution in [0.2, 0.25) is 0 Å². The average molecular weight is 439 g/mol. The largest absolute Gasteiger partial charge is 0.355 e. The van der Waals surface area contributed by atoms with Gasteiger partial charge in [-0.2, -0.15) is 4.31 Å². The van der Waals surface area contributed by atoms with Crippen molar-refractivity contribution in [2.24, 2.45) is 0 Å². The van der Waals surface area contributed by atoms with Gasteiger partial charge >= 0.3 is 0 Å². The van der Waals surface area contributed by atoms with E-state index in [1.807, 2.05) is 30.3 Å². The van der Waals surface area contributed by atoms with Crippen LogP contribution in [0.3, 0.4) is 0 Å². The first-order valence-electron chi connectivity index (χ1n) is 9.51. The van der Waals surface area contributed by atoms with Crippen molar-refractivity contribution in [2.75, 3.05) is 23.4 Å². The molecule has 4 rings (SSSR count). The number of amides is 1. The second kappa shape index (κ2) is 7.97. The molecule has 0 unspecified atom stereocenters. The summed E-state index contributed by atoms with van der Waals surface area (Å²) in [5.74, 6) is -0.187. The molecule has 0 spiro atoms. The van der Waals surface area contributed by atoms with Crippen molar-refractivity contribution in [1.82, 2.24) is 14.3 Å². The number of sulfonamides is 1. The third kappa shape index (κ3) is 4.35. The Balaban J connectivity index is 1.85. The number of hydrogen-bond donors (Lipinski definition) is 3. The maximum atomic E-state index is 13.0. The van der Waals surface area contributed by atoms with Crippen LogP contribution in [-0.2, 0) is 21.4 Å². The molecule has 0 aliphatic carbocycles. The molecule has 0 saturated heterocycles. The Hall–Kier alpha value is -3.50. The molecule has 0 fully saturated rings. The first-order valence-corrected chi connectivity index (χ1v) is 11.4. The van der Waals surface area contributed by atoms with E-state index in [2.05, 4.69) is 20.6 Å². The summed E-state index contributed by atoms with van der Waals surface area (Å²) in [6.45, 7) is 1.23. The van der Waals surface area contributed by atoms with E-state index in [0.29, 0.717) is 34.0 Å². The number of aromatic amines is 1. The molecule has 160 valence electrons. The van der Waals surface area contributed by atoms with Crippen LogP contribution in [0, 0.1) is 0 Å². The van der Waals surface area contributed by atoms with Crippen LogP contribution in [0.1, 0.15) is 23.0 Å². The van der Waals surface area contributed by atoms with E-state index in [4.69, 9.17) is 0 Å². The number of carbonyl (C=O) groups excluding carboxylic acids is 2. The molecule has 0 bridgehead atoms. The molecule has 1 aromatic carbocycles. The van der Waals surface area contributed by atoms with Crippen molar-refractivity contribution in [3.63, 3.8) is 0 Å². The van der Waals surface area contributed by atoms with Gasteiger partial charge in [-0.1, -0.05) is 18.2 Å². The number of Topliss-reactive ketones (excluding diaryl/α,β-unsaturated/α-hetero) is 1. The molecule has 0 atom stereocenters. The molecular formula is C21H21N5O4S. The molecule has 9 nitrogen and oxygen atoms in total. The molecule has 0 radical (unpaired) electrons. The predicted molar refractivity (Wildman–Crippen MR) is 118 cm³/mol. The molecule has 1 aliphatic rings. The van der Waals surface area contributed by atoms with E-state index in [-0.39, 0.29) is 24.8 Å². The second-order valence-electron chi connectivity index (χ2n) is 7.28. The third-order valence-corrected chi connectivity index (χ3v) is 6.07. The zero-order valence-electron chi connectivity index (χ0n) is 17.0. The van der Waals surface area contributed by atoms with Crippen LogP contribution in [0.5, 0.6) is 0 Å². The first kappa shape index (κ1) is 20.8. The standard InChI is InChI=1S/C21H21N5O4S/c1-13(27)23-18-10-14(8-9-22-18)20-21(24-15-6-4-3-5-7-15)19-16(25-20)11-26(12-17(19)28)31(2,29)30/h3-10,24-25H,11-12H2,1-2H3,(H,22,23,27). The predicted octanol–water partition coefficient (Wildman–Crippen LogP) is 2.74. The highest BCUT2D eigenvalue weighted by molar-refractivity contribution is 7.88. The van der Waals surface area contributed by atoms with Gasteiger partial charge in [0.2, 0.25) is 15.9 Å². The summed E-state index contributed by atoms with van der Waals surface area (Å²) in [7, 11) is -3.53. The third-order valence-electron chi connectivity index (χ3n) is 4.88. The number of fused-ring (bicyclic) bond motifs is 1. The lowest BCUT2D eigenvalue weighted by atomic mass is 10.0. The number of anilines is 3. The number of para-hydroxylation sites is 1. The number of nitrogens with one attached hydrogen (secondary N) is 3. The van der Waals surface area contributed by atoms with Gasteiger partial charge < -0.3 is 15.6 Å². The monoisotopic (exact) mass is 439 g/mol. The zero-order valence-corrected chi connectivity index (χ0v) is 17.8. The van der Waals surface area contributed by atoms with E-state index < -0.39 is 10.0 Å². The van der Waals surface area contributed by atoms with Crippen molar-refractivity contribution in [3.8, 4) is 11.3 Å². The summed E-state index contributed by atoms with van der Waals surface area (Å²) >= 11 is 0. The number of benzene rings is 1. The Morgan fingerprint density at radius 1 is 1.16 bits per heavy atom. The van der Waals surface area contributed by atoms with Crippen LogP contribution in [0.4, 0.5) is 17.2 Å². The van der Waals surface area contributed by atoms with Gasteiger partial charge in [0.05, 0.1) is 36.3 Å². The number of ketones is 1. The Bertz CT molecular complexity index is 1270. The Morgan fingerprint density at radius 3 is 2.58 bits per heavy atom. The van der Waals surface area contributed by atoms with Crippen molar-refractivity contribution >= 4 is 38.9 Å². The highest BCUT2D eigenvalue weighted by Crippen LogP contribution is 2.38. The number of hydrogen-bond acceptors (Lipinski definition) is 6. The lowest BCUT2D eigenvalue weighted by molar-refractivity contribution is -0.114. The molecule has 3 N–H and O–H groups in total. The number of rotatable bonds is 5. The minimum Gasteiger partial charge on any atom is -0.355 e. The molecule has 31 heavy (non-hydrogen) atoms. The van der Waals surface area contributed by atoms with Crippen molar-refractivity contribution in [3.05, 3.63) is 59.9 Å². The fourth-order valence-electron chi connectivity index (χ4n) is 3.53. The molecule has 1 aliphatic heterocycles. The Kier molecular flexibility index (Phi) is 5.34. The normalized spacial score (nSPS) is 14.2. The maximum Gasteiger partial charge on any atom is 0.222 e. The lowest BCUT2D eigenvalue weighted by Crippen LogP contribution is -2.38. The molecule has 1 amide bonds. The van der Waals surface area contributed by atoms with Gasteiger partial charge in [0.15, 0.2) is 5.78 Å². The number of pyridine rings is 1. The van der Waals surface area contributed by atoms with Crippen molar-refractivity contribution in [1.29, 1.82) is 0 Å². The summed E-state index contributed by atoms with van der Waals surface area (Å²) < 4.78 is 25.2. The van der Waals surface area contributed by atoms with Crippen molar-refractivity contribution < 1.29 is 18.0 Å². The summed E-state index contributed by atoms with van der Waals surface area (Å²) in [4.78, 5) is 31.8. The van der Waals surface area contributed by atoms with E-state index in [9.17, 15) is 18.0 Å². The molecule has 2 aromatic heterocycles. The minimum atomic E-state index is -3.53. The highest BCUT2D eigenvalue weighted by Gasteiger charge is 2.34. The van der Waals surface area contributed by atoms with Gasteiger partial charge in [0, 0.05) is 30.1 Å². The topological polar surface area (TPSA) is 124 Å². The quantitative estimate of drug-likeness (QED) is 0.562. The maximum absolute atomic E-state index is 13.0. The van der Waals surface area contributed by atoms with Crippen LogP contribution < -0.4 is 10.6 Å². The number of aromatic nitrogens is 2. The summed E-state index contributed by atoms with van der Waals surface area (Å²) in [6.07, 6.45) is 2.64. The van der Waals surface area contributed by atoms with Gasteiger partial charge in [0.1, 0.15) is 5.82 Å². The molecule has 3 aromatic rings. The van der Waals surface area contributed by atoms with Crippen LogP contribution in [0.15, 0.2) is 48.7 Å². The number of carbonyl (C=O) groups is 2. The first-order chi connectivity index (χ1) is 14.7. The number of H-pyrrole nitrogens is 1. The smallest absolute Gasteiger partial charge is 0.222 e. The van der Waals surface area contributed by atoms with E-state index in [1.165, 1.54) is 6.92 Å². The summed E-state index contributed by atoms with van der Waals surface area (Å²) in [6, 6.07) is 12.8. The van der Waals surface area contributed by atoms with Gasteiger partial charge in [0.25, 0.3) is 0 Å². The average Bonchev–Trinajstić information content (AvgIpc) is 3.07. The molecule has 0 saturated carbocycles. The second-order valence-corrected chi connectivity index (χ2v) is 9.27. The highest BCUT2D eigenvalue weighted by atomic mass is 32.2. The lowest BCUT2D eigenvalue weighted by Gasteiger charge is -2.24. The Labute approximate surface area is 179 Å². The minimum absolute atomic E-state index is 0.0625.